The summed E-state index contributed by atoms with van der Waals surface area (Å²) in [5.41, 5.74) is 0.344. The molecule has 0 bridgehead atoms. The molecule has 0 aliphatic heterocycles. The number of amides is 2. The molecule has 0 fully saturated rings. The zero-order valence-corrected chi connectivity index (χ0v) is 9.15. The van der Waals surface area contributed by atoms with E-state index >= 15 is 0 Å². The number of aryl methyl sites for hydroxylation is 1. The van der Waals surface area contributed by atoms with Crippen molar-refractivity contribution >= 4 is 17.8 Å². The van der Waals surface area contributed by atoms with Crippen molar-refractivity contribution in [2.24, 2.45) is 0 Å². The van der Waals surface area contributed by atoms with Gasteiger partial charge in [0.1, 0.15) is 12.3 Å². The van der Waals surface area contributed by atoms with Gasteiger partial charge >= 0.3 is 5.97 Å². The smallest absolute Gasteiger partial charge is 0.322 e. The molecule has 0 saturated carbocycles. The lowest BCUT2D eigenvalue weighted by atomic mass is 10.2. The maximum Gasteiger partial charge on any atom is 0.322 e. The van der Waals surface area contributed by atoms with Gasteiger partial charge < -0.3 is 20.2 Å². The second-order valence-corrected chi connectivity index (χ2v) is 3.24. The minimum atomic E-state index is -1.14. The first-order valence-electron chi connectivity index (χ1n) is 4.81. The van der Waals surface area contributed by atoms with E-state index in [-0.39, 0.29) is 6.54 Å². The van der Waals surface area contributed by atoms with Gasteiger partial charge in [0, 0.05) is 0 Å². The van der Waals surface area contributed by atoms with Gasteiger partial charge in [-0.1, -0.05) is 0 Å². The monoisotopic (exact) mass is 240 g/mol. The molecule has 1 aromatic rings. The van der Waals surface area contributed by atoms with E-state index in [4.69, 9.17) is 9.52 Å². The van der Waals surface area contributed by atoms with Gasteiger partial charge in [-0.3, -0.25) is 14.4 Å². The molecule has 1 rings (SSSR count). The Kier molecular flexibility index (Phi) is 4.27. The summed E-state index contributed by atoms with van der Waals surface area (Å²) in [4.78, 5) is 32.8. The Morgan fingerprint density at radius 3 is 2.53 bits per heavy atom. The fourth-order valence-corrected chi connectivity index (χ4v) is 1.11. The molecule has 7 heteroatoms. The van der Waals surface area contributed by atoms with Crippen LogP contribution in [-0.4, -0.2) is 36.0 Å². The standard InChI is InChI=1S/C10H12N2O5/c1-6-7(2-3-17-6)10(16)12-4-8(13)11-5-9(14)15/h2-3H,4-5H2,1H3,(H,11,13)(H,12,16)(H,14,15). The molecule has 0 radical (unpaired) electrons. The van der Waals surface area contributed by atoms with Crippen molar-refractivity contribution in [2.45, 2.75) is 6.92 Å². The minimum Gasteiger partial charge on any atom is -0.480 e. The summed E-state index contributed by atoms with van der Waals surface area (Å²) >= 11 is 0. The van der Waals surface area contributed by atoms with E-state index in [1.165, 1.54) is 12.3 Å². The van der Waals surface area contributed by atoms with Gasteiger partial charge in [0.05, 0.1) is 18.4 Å². The molecule has 0 aliphatic rings. The van der Waals surface area contributed by atoms with Crippen molar-refractivity contribution in [2.75, 3.05) is 13.1 Å². The van der Waals surface area contributed by atoms with Crippen LogP contribution in [0.1, 0.15) is 16.1 Å². The Bertz CT molecular complexity index is 438. The highest BCUT2D eigenvalue weighted by Crippen LogP contribution is 2.07. The molecule has 0 aromatic carbocycles. The quantitative estimate of drug-likeness (QED) is 0.644. The lowest BCUT2D eigenvalue weighted by molar-refractivity contribution is -0.137. The predicted octanol–water partition coefficient (Wildman–Crippen LogP) is -0.481. The molecular formula is C10H12N2O5. The third kappa shape index (κ3) is 3.98. The Morgan fingerprint density at radius 2 is 2.00 bits per heavy atom. The molecular weight excluding hydrogens is 228 g/mol. The fourth-order valence-electron chi connectivity index (χ4n) is 1.11. The summed E-state index contributed by atoms with van der Waals surface area (Å²) in [5, 5.41) is 12.8. The number of carbonyl (C=O) groups is 3. The van der Waals surface area contributed by atoms with E-state index in [1.807, 2.05) is 0 Å². The van der Waals surface area contributed by atoms with E-state index in [9.17, 15) is 14.4 Å². The summed E-state index contributed by atoms with van der Waals surface area (Å²) in [6, 6.07) is 1.49. The van der Waals surface area contributed by atoms with Crippen LogP contribution in [0.4, 0.5) is 0 Å². The van der Waals surface area contributed by atoms with Crippen LogP contribution in [0.15, 0.2) is 16.7 Å². The SMILES string of the molecule is Cc1occc1C(=O)NCC(=O)NCC(=O)O. The summed E-state index contributed by atoms with van der Waals surface area (Å²) < 4.78 is 4.93. The van der Waals surface area contributed by atoms with Gasteiger partial charge in [-0.05, 0) is 13.0 Å². The number of furan rings is 1. The zero-order valence-electron chi connectivity index (χ0n) is 9.15. The molecule has 1 aromatic heterocycles. The first kappa shape index (κ1) is 12.8. The fraction of sp³-hybridized carbons (Fsp3) is 0.300. The number of nitrogens with one attached hydrogen (secondary N) is 2. The van der Waals surface area contributed by atoms with Crippen LogP contribution in [0.3, 0.4) is 0 Å². The molecule has 2 amide bonds. The van der Waals surface area contributed by atoms with Crippen molar-refractivity contribution < 1.29 is 23.9 Å². The van der Waals surface area contributed by atoms with Gasteiger partial charge in [-0.2, -0.15) is 0 Å². The lowest BCUT2D eigenvalue weighted by Crippen LogP contribution is -2.39. The summed E-state index contributed by atoms with van der Waals surface area (Å²) in [7, 11) is 0. The van der Waals surface area contributed by atoms with Crippen LogP contribution >= 0.6 is 0 Å². The Morgan fingerprint density at radius 1 is 1.29 bits per heavy atom. The van der Waals surface area contributed by atoms with Crippen LogP contribution in [0.2, 0.25) is 0 Å². The van der Waals surface area contributed by atoms with E-state index in [2.05, 4.69) is 10.6 Å². The largest absolute Gasteiger partial charge is 0.480 e. The number of aliphatic carboxylic acids is 1. The topological polar surface area (TPSA) is 109 Å². The summed E-state index contributed by atoms with van der Waals surface area (Å²) in [6.07, 6.45) is 1.37. The Balaban J connectivity index is 2.36. The van der Waals surface area contributed by atoms with E-state index in [0.29, 0.717) is 11.3 Å². The van der Waals surface area contributed by atoms with Crippen molar-refractivity contribution in [3.8, 4) is 0 Å². The number of carboxylic acids is 1. The first-order chi connectivity index (χ1) is 8.00. The highest BCUT2D eigenvalue weighted by atomic mass is 16.4. The molecule has 7 nitrogen and oxygen atoms in total. The van der Waals surface area contributed by atoms with Gasteiger partial charge in [0.25, 0.3) is 5.91 Å². The zero-order chi connectivity index (χ0) is 12.8. The molecule has 17 heavy (non-hydrogen) atoms. The number of hydrogen-bond donors (Lipinski definition) is 3. The average molecular weight is 240 g/mol. The van der Waals surface area contributed by atoms with E-state index in [0.717, 1.165) is 0 Å². The molecule has 0 saturated heterocycles. The molecule has 0 atom stereocenters. The number of hydrogen-bond acceptors (Lipinski definition) is 4. The van der Waals surface area contributed by atoms with E-state index in [1.54, 1.807) is 6.92 Å². The highest BCUT2D eigenvalue weighted by Gasteiger charge is 2.12. The Hall–Kier alpha value is -2.31. The normalized spacial score (nSPS) is 9.71. The summed E-state index contributed by atoms with van der Waals surface area (Å²) in [6.45, 7) is 0.871. The van der Waals surface area contributed by atoms with Crippen LogP contribution in [0.5, 0.6) is 0 Å². The van der Waals surface area contributed by atoms with Crippen LogP contribution < -0.4 is 10.6 Å². The summed E-state index contributed by atoms with van der Waals surface area (Å²) in [5.74, 6) is -1.70. The van der Waals surface area contributed by atoms with Gasteiger partial charge in [-0.25, -0.2) is 0 Å². The van der Waals surface area contributed by atoms with Crippen molar-refractivity contribution in [3.05, 3.63) is 23.7 Å². The predicted molar refractivity (Wildman–Crippen MR) is 56.4 cm³/mol. The van der Waals surface area contributed by atoms with Gasteiger partial charge in [0.15, 0.2) is 0 Å². The lowest BCUT2D eigenvalue weighted by Gasteiger charge is -2.04. The second-order valence-electron chi connectivity index (χ2n) is 3.24. The molecule has 3 N–H and O–H groups in total. The molecule has 0 aliphatic carbocycles. The first-order valence-corrected chi connectivity index (χ1v) is 4.81. The molecule has 0 spiro atoms. The van der Waals surface area contributed by atoms with Crippen molar-refractivity contribution in [1.29, 1.82) is 0 Å². The average Bonchev–Trinajstić information content (AvgIpc) is 2.69. The number of carbonyl (C=O) groups excluding carboxylic acids is 2. The van der Waals surface area contributed by atoms with Crippen LogP contribution in [0.25, 0.3) is 0 Å². The number of rotatable bonds is 5. The van der Waals surface area contributed by atoms with Crippen LogP contribution in [0, 0.1) is 6.92 Å². The van der Waals surface area contributed by atoms with Crippen molar-refractivity contribution in [1.82, 2.24) is 10.6 Å². The molecule has 0 unspecified atom stereocenters. The molecule has 92 valence electrons. The van der Waals surface area contributed by atoms with Crippen LogP contribution in [-0.2, 0) is 9.59 Å². The second kappa shape index (κ2) is 5.69. The van der Waals surface area contributed by atoms with E-state index < -0.39 is 24.3 Å². The third-order valence-corrected chi connectivity index (χ3v) is 1.95. The third-order valence-electron chi connectivity index (χ3n) is 1.95. The maximum absolute atomic E-state index is 11.5. The maximum atomic E-state index is 11.5. The Labute approximate surface area is 96.8 Å². The van der Waals surface area contributed by atoms with Crippen molar-refractivity contribution in [3.63, 3.8) is 0 Å². The highest BCUT2D eigenvalue weighted by molar-refractivity contribution is 5.97. The van der Waals surface area contributed by atoms with Gasteiger partial charge in [0.2, 0.25) is 5.91 Å². The van der Waals surface area contributed by atoms with Gasteiger partial charge in [-0.15, -0.1) is 0 Å². The molecule has 1 heterocycles. The minimum absolute atomic E-state index is 0.281. The number of carboxylic acid groups (broad SMARTS) is 1.